The monoisotopic (exact) mass is 301 g/mol. The first kappa shape index (κ1) is 16.3. The molecule has 0 fully saturated rings. The van der Waals surface area contributed by atoms with Gasteiger partial charge in [-0.15, -0.1) is 11.3 Å². The minimum Gasteiger partial charge on any atom is -0.306 e. The fourth-order valence-corrected chi connectivity index (χ4v) is 3.73. The van der Waals surface area contributed by atoms with Gasteiger partial charge in [0.2, 0.25) is 0 Å². The van der Waals surface area contributed by atoms with E-state index in [1.165, 1.54) is 39.3 Å². The molecule has 1 nitrogen and oxygen atoms in total. The molecule has 0 aliphatic heterocycles. The summed E-state index contributed by atoms with van der Waals surface area (Å²) < 4.78 is 0. The molecule has 1 atom stereocenters. The Bertz CT molecular complexity index is 534. The summed E-state index contributed by atoms with van der Waals surface area (Å²) in [5, 5.41) is 3.70. The summed E-state index contributed by atoms with van der Waals surface area (Å²) >= 11 is 1.92. The van der Waals surface area contributed by atoms with E-state index >= 15 is 0 Å². The molecule has 0 bridgehead atoms. The molecule has 0 amide bonds. The molecule has 0 saturated carbocycles. The highest BCUT2D eigenvalue weighted by molar-refractivity contribution is 7.12. The van der Waals surface area contributed by atoms with Gasteiger partial charge in [0, 0.05) is 9.75 Å². The van der Waals surface area contributed by atoms with E-state index in [4.69, 9.17) is 0 Å². The number of thiophene rings is 1. The highest BCUT2D eigenvalue weighted by Crippen LogP contribution is 2.31. The summed E-state index contributed by atoms with van der Waals surface area (Å²) in [7, 11) is 0. The zero-order chi connectivity index (χ0) is 15.2. The molecule has 0 radical (unpaired) electrons. The van der Waals surface area contributed by atoms with Crippen molar-refractivity contribution in [2.45, 2.75) is 53.0 Å². The van der Waals surface area contributed by atoms with Gasteiger partial charge in [0.05, 0.1) is 6.04 Å². The maximum atomic E-state index is 3.70. The number of aryl methyl sites for hydroxylation is 3. The fourth-order valence-electron chi connectivity index (χ4n) is 2.58. The highest BCUT2D eigenvalue weighted by Gasteiger charge is 2.16. The summed E-state index contributed by atoms with van der Waals surface area (Å²) in [4.78, 5) is 2.86. The van der Waals surface area contributed by atoms with Crippen molar-refractivity contribution in [2.24, 2.45) is 0 Å². The molecule has 0 aliphatic rings. The van der Waals surface area contributed by atoms with E-state index < -0.39 is 0 Å². The lowest BCUT2D eigenvalue weighted by atomic mass is 10.0. The molecule has 2 aromatic rings. The summed E-state index contributed by atoms with van der Waals surface area (Å²) in [5.41, 5.74) is 4.22. The number of rotatable bonds is 7. The molecule has 0 saturated heterocycles. The second-order valence-corrected chi connectivity index (χ2v) is 7.05. The quantitative estimate of drug-likeness (QED) is 0.721. The topological polar surface area (TPSA) is 12.0 Å². The van der Waals surface area contributed by atoms with Gasteiger partial charge in [-0.1, -0.05) is 44.5 Å². The average Bonchev–Trinajstić information content (AvgIpc) is 2.81. The van der Waals surface area contributed by atoms with Gasteiger partial charge in [0.1, 0.15) is 0 Å². The Morgan fingerprint density at radius 1 is 1.05 bits per heavy atom. The molecular formula is C19H27NS. The molecule has 1 aromatic carbocycles. The van der Waals surface area contributed by atoms with Crippen molar-refractivity contribution < 1.29 is 0 Å². The summed E-state index contributed by atoms with van der Waals surface area (Å²) in [5.74, 6) is 0. The third kappa shape index (κ3) is 4.18. The number of hydrogen-bond acceptors (Lipinski definition) is 2. The van der Waals surface area contributed by atoms with Crippen molar-refractivity contribution >= 4 is 11.3 Å². The zero-order valence-corrected chi connectivity index (χ0v) is 14.5. The van der Waals surface area contributed by atoms with E-state index in [0.29, 0.717) is 6.04 Å². The SMILES string of the molecule is CCCNC(c1ccc(CCC)cc1)c1cc(C)c(C)s1. The van der Waals surface area contributed by atoms with Gasteiger partial charge in [0.25, 0.3) is 0 Å². The Hall–Kier alpha value is -1.12. The predicted octanol–water partition coefficient (Wildman–Crippen LogP) is 5.41. The third-order valence-corrected chi connectivity index (χ3v) is 5.14. The number of nitrogens with one attached hydrogen (secondary N) is 1. The lowest BCUT2D eigenvalue weighted by Crippen LogP contribution is -2.22. The van der Waals surface area contributed by atoms with Gasteiger partial charge in [-0.3, -0.25) is 0 Å². The van der Waals surface area contributed by atoms with Crippen molar-refractivity contribution in [3.8, 4) is 0 Å². The highest BCUT2D eigenvalue weighted by atomic mass is 32.1. The molecule has 2 heteroatoms. The smallest absolute Gasteiger partial charge is 0.0671 e. The summed E-state index contributed by atoms with van der Waals surface area (Å²) in [6.45, 7) is 9.93. The predicted molar refractivity (Wildman–Crippen MR) is 94.4 cm³/mol. The van der Waals surface area contributed by atoms with Crippen LogP contribution in [0.5, 0.6) is 0 Å². The minimum absolute atomic E-state index is 0.332. The van der Waals surface area contributed by atoms with Crippen LogP contribution in [0.2, 0.25) is 0 Å². The molecule has 21 heavy (non-hydrogen) atoms. The fraction of sp³-hybridized carbons (Fsp3) is 0.474. The first-order valence-corrected chi connectivity index (χ1v) is 8.86. The van der Waals surface area contributed by atoms with Gasteiger partial charge < -0.3 is 5.32 Å². The maximum Gasteiger partial charge on any atom is 0.0671 e. The van der Waals surface area contributed by atoms with E-state index in [-0.39, 0.29) is 0 Å². The standard InChI is InChI=1S/C19H27NS/c1-5-7-16-8-10-17(11-9-16)19(20-12-6-2)18-13-14(3)15(4)21-18/h8-11,13,19-20H,5-7,12H2,1-4H3. The van der Waals surface area contributed by atoms with E-state index in [1.54, 1.807) is 0 Å². The van der Waals surface area contributed by atoms with Crippen LogP contribution in [-0.4, -0.2) is 6.54 Å². The normalized spacial score (nSPS) is 12.6. The lowest BCUT2D eigenvalue weighted by molar-refractivity contribution is 0.605. The van der Waals surface area contributed by atoms with Crippen LogP contribution < -0.4 is 5.32 Å². The van der Waals surface area contributed by atoms with E-state index in [2.05, 4.69) is 63.3 Å². The van der Waals surface area contributed by atoms with Gasteiger partial charge in [-0.25, -0.2) is 0 Å². The number of benzene rings is 1. The number of hydrogen-bond donors (Lipinski definition) is 1. The van der Waals surface area contributed by atoms with Gasteiger partial charge >= 0.3 is 0 Å². The Labute approximate surface area is 133 Å². The molecule has 114 valence electrons. The van der Waals surface area contributed by atoms with E-state index in [0.717, 1.165) is 13.0 Å². The largest absolute Gasteiger partial charge is 0.306 e. The van der Waals surface area contributed by atoms with Crippen LogP contribution >= 0.6 is 11.3 Å². The molecule has 1 unspecified atom stereocenters. The van der Waals surface area contributed by atoms with Crippen molar-refractivity contribution in [3.05, 3.63) is 56.8 Å². The van der Waals surface area contributed by atoms with Gasteiger partial charge in [-0.2, -0.15) is 0 Å². The van der Waals surface area contributed by atoms with Crippen LogP contribution in [-0.2, 0) is 6.42 Å². The van der Waals surface area contributed by atoms with Crippen molar-refractivity contribution in [3.63, 3.8) is 0 Å². The second-order valence-electron chi connectivity index (χ2n) is 5.77. The first-order valence-electron chi connectivity index (χ1n) is 8.04. The maximum absolute atomic E-state index is 3.70. The Morgan fingerprint density at radius 3 is 2.29 bits per heavy atom. The van der Waals surface area contributed by atoms with E-state index in [9.17, 15) is 0 Å². The first-order chi connectivity index (χ1) is 10.2. The Kier molecular flexibility index (Phi) is 6.01. The van der Waals surface area contributed by atoms with Crippen LogP contribution in [0.1, 0.15) is 59.2 Å². The lowest BCUT2D eigenvalue weighted by Gasteiger charge is -2.18. The Balaban J connectivity index is 2.26. The van der Waals surface area contributed by atoms with E-state index in [1.807, 2.05) is 11.3 Å². The van der Waals surface area contributed by atoms with Crippen LogP contribution in [0.4, 0.5) is 0 Å². The summed E-state index contributed by atoms with van der Waals surface area (Å²) in [6, 6.07) is 11.8. The molecule has 1 N–H and O–H groups in total. The van der Waals surface area contributed by atoms with Crippen molar-refractivity contribution in [2.75, 3.05) is 6.54 Å². The minimum atomic E-state index is 0.332. The molecule has 0 spiro atoms. The second kappa shape index (κ2) is 7.77. The third-order valence-electron chi connectivity index (χ3n) is 3.92. The van der Waals surface area contributed by atoms with Crippen LogP contribution in [0, 0.1) is 13.8 Å². The molecule has 0 aliphatic carbocycles. The molecule has 1 heterocycles. The molecule has 2 rings (SSSR count). The Morgan fingerprint density at radius 2 is 1.76 bits per heavy atom. The van der Waals surface area contributed by atoms with Crippen molar-refractivity contribution in [1.82, 2.24) is 5.32 Å². The molecular weight excluding hydrogens is 274 g/mol. The van der Waals surface area contributed by atoms with Crippen molar-refractivity contribution in [1.29, 1.82) is 0 Å². The zero-order valence-electron chi connectivity index (χ0n) is 13.7. The average molecular weight is 301 g/mol. The van der Waals surface area contributed by atoms with Gasteiger partial charge in [-0.05, 0) is 56.0 Å². The van der Waals surface area contributed by atoms with Gasteiger partial charge in [0.15, 0.2) is 0 Å². The van der Waals surface area contributed by atoms with Crippen LogP contribution in [0.3, 0.4) is 0 Å². The van der Waals surface area contributed by atoms with Crippen LogP contribution in [0.25, 0.3) is 0 Å². The molecule has 1 aromatic heterocycles. The summed E-state index contributed by atoms with van der Waals surface area (Å²) in [6.07, 6.45) is 3.54. The van der Waals surface area contributed by atoms with Crippen LogP contribution in [0.15, 0.2) is 30.3 Å².